The minimum Gasteiger partial charge on any atom is -0.497 e. The van der Waals surface area contributed by atoms with Crippen LogP contribution >= 0.6 is 0 Å². The molecule has 0 saturated carbocycles. The number of carbonyl (C=O) groups excluding carboxylic acids is 2. The van der Waals surface area contributed by atoms with E-state index in [9.17, 15) is 22.8 Å². The smallest absolute Gasteiger partial charge is 0.433 e. The number of methoxy groups -OCH3 is 1. The van der Waals surface area contributed by atoms with Crippen molar-refractivity contribution in [2.24, 2.45) is 16.6 Å². The molecular formula is C24H19F3N6O5. The first-order chi connectivity index (χ1) is 18.0. The summed E-state index contributed by atoms with van der Waals surface area (Å²) >= 11 is 0. The molecule has 0 aliphatic carbocycles. The number of halogens is 3. The molecule has 196 valence electrons. The van der Waals surface area contributed by atoms with Crippen LogP contribution in [0.3, 0.4) is 0 Å². The molecule has 0 aliphatic heterocycles. The van der Waals surface area contributed by atoms with E-state index in [2.05, 4.69) is 15.2 Å². The molecule has 0 bridgehead atoms. The van der Waals surface area contributed by atoms with Crippen molar-refractivity contribution in [2.75, 3.05) is 13.7 Å². The molecule has 14 heteroatoms. The van der Waals surface area contributed by atoms with Crippen LogP contribution < -0.4 is 20.9 Å². The molecule has 11 nitrogen and oxygen atoms in total. The summed E-state index contributed by atoms with van der Waals surface area (Å²) < 4.78 is 52.1. The largest absolute Gasteiger partial charge is 0.497 e. The fourth-order valence-electron chi connectivity index (χ4n) is 3.25. The van der Waals surface area contributed by atoms with Crippen molar-refractivity contribution in [1.29, 1.82) is 0 Å². The van der Waals surface area contributed by atoms with Gasteiger partial charge in [-0.2, -0.15) is 18.3 Å². The van der Waals surface area contributed by atoms with E-state index in [0.29, 0.717) is 27.1 Å². The van der Waals surface area contributed by atoms with Gasteiger partial charge in [-0.05, 0) is 54.6 Å². The van der Waals surface area contributed by atoms with Gasteiger partial charge >= 0.3 is 12.1 Å². The molecule has 4 rings (SSSR count). The molecule has 0 fully saturated rings. The highest BCUT2D eigenvalue weighted by Crippen LogP contribution is 2.32. The van der Waals surface area contributed by atoms with Crippen LogP contribution in [0, 0.1) is 0 Å². The molecule has 0 saturated heterocycles. The maximum atomic E-state index is 13.8. The van der Waals surface area contributed by atoms with Crippen LogP contribution in [0.2, 0.25) is 0 Å². The van der Waals surface area contributed by atoms with Crippen LogP contribution in [0.5, 0.6) is 11.5 Å². The van der Waals surface area contributed by atoms with Gasteiger partial charge in [-0.15, -0.1) is 0 Å². The summed E-state index contributed by atoms with van der Waals surface area (Å²) in [5.74, 6) is -1.15. The highest BCUT2D eigenvalue weighted by Gasteiger charge is 2.36. The molecule has 2 aromatic carbocycles. The van der Waals surface area contributed by atoms with Crippen molar-refractivity contribution >= 4 is 23.4 Å². The summed E-state index contributed by atoms with van der Waals surface area (Å²) in [6, 6.07) is 14.1. The van der Waals surface area contributed by atoms with Crippen LogP contribution in [0.4, 0.5) is 13.2 Å². The van der Waals surface area contributed by atoms with E-state index < -0.39 is 29.4 Å². The molecule has 1 amide bonds. The van der Waals surface area contributed by atoms with E-state index in [4.69, 9.17) is 25.8 Å². The van der Waals surface area contributed by atoms with Crippen molar-refractivity contribution in [2.45, 2.75) is 6.18 Å². The molecule has 38 heavy (non-hydrogen) atoms. The molecule has 0 unspecified atom stereocenters. The maximum absolute atomic E-state index is 13.8. The Bertz CT molecular complexity index is 1520. The number of oxime groups is 1. The Balaban J connectivity index is 1.58. The lowest BCUT2D eigenvalue weighted by molar-refractivity contribution is -0.142. The van der Waals surface area contributed by atoms with Crippen molar-refractivity contribution in [3.05, 3.63) is 77.6 Å². The van der Waals surface area contributed by atoms with Gasteiger partial charge in [0.2, 0.25) is 0 Å². The number of amides is 1. The maximum Gasteiger partial charge on any atom is 0.433 e. The third-order valence-electron chi connectivity index (χ3n) is 5.07. The number of rotatable bonds is 8. The van der Waals surface area contributed by atoms with Crippen molar-refractivity contribution in [1.82, 2.24) is 14.6 Å². The molecule has 0 radical (unpaired) electrons. The van der Waals surface area contributed by atoms with E-state index in [1.165, 1.54) is 31.4 Å². The lowest BCUT2D eigenvalue weighted by Gasteiger charge is -2.11. The molecule has 2 heterocycles. The molecule has 0 aliphatic rings. The Hall–Kier alpha value is -5.14. The third kappa shape index (κ3) is 5.80. The Morgan fingerprint density at radius 1 is 1.00 bits per heavy atom. The van der Waals surface area contributed by atoms with Crippen LogP contribution in [0.25, 0.3) is 16.9 Å². The van der Waals surface area contributed by atoms with Gasteiger partial charge in [0, 0.05) is 17.2 Å². The molecule has 0 atom stereocenters. The SMILES string of the molecule is COc1ccc(-c2cc(C(F)(F)F)n3nc(C(=O)O/N=C(\N)c4ccc(OCC(N)=O)cc4)cc3n2)cc1. The van der Waals surface area contributed by atoms with E-state index in [-0.39, 0.29) is 23.8 Å². The van der Waals surface area contributed by atoms with Gasteiger partial charge < -0.3 is 25.8 Å². The summed E-state index contributed by atoms with van der Waals surface area (Å²) in [7, 11) is 1.46. The number of amidine groups is 1. The summed E-state index contributed by atoms with van der Waals surface area (Å²) in [4.78, 5) is 32.3. The number of fused-ring (bicyclic) bond motifs is 1. The fraction of sp³-hybridized carbons (Fsp3) is 0.125. The van der Waals surface area contributed by atoms with Crippen molar-refractivity contribution in [3.8, 4) is 22.8 Å². The topological polar surface area (TPSA) is 156 Å². The Morgan fingerprint density at radius 2 is 1.66 bits per heavy atom. The normalized spacial score (nSPS) is 11.8. The van der Waals surface area contributed by atoms with Crippen LogP contribution in [-0.2, 0) is 15.8 Å². The minimum absolute atomic E-state index is 0.0119. The number of alkyl halides is 3. The zero-order valence-electron chi connectivity index (χ0n) is 19.6. The van der Waals surface area contributed by atoms with Gasteiger partial charge in [0.1, 0.15) is 11.5 Å². The number of nitrogens with zero attached hydrogens (tertiary/aromatic N) is 4. The monoisotopic (exact) mass is 528 g/mol. The Labute approximate surface area is 212 Å². The number of hydrogen-bond acceptors (Lipinski definition) is 8. The standard InChI is InChI=1S/C24H19F3N6O5/c1-36-15-6-2-13(3-7-15)17-10-19(24(25,26)27)33-21(30-17)11-18(31-33)23(35)38-32-22(29)14-4-8-16(9-5-14)37-12-20(28)34/h2-11H,12H2,1H3,(H2,28,34)(H2,29,32). The number of aromatic nitrogens is 3. The van der Waals surface area contributed by atoms with Crippen LogP contribution in [0.1, 0.15) is 21.7 Å². The van der Waals surface area contributed by atoms with E-state index in [1.807, 2.05) is 0 Å². The lowest BCUT2D eigenvalue weighted by atomic mass is 10.1. The number of benzene rings is 2. The number of nitrogens with two attached hydrogens (primary N) is 2. The zero-order valence-corrected chi connectivity index (χ0v) is 19.6. The van der Waals surface area contributed by atoms with Gasteiger partial charge in [-0.25, -0.2) is 14.3 Å². The second-order valence-electron chi connectivity index (χ2n) is 7.69. The summed E-state index contributed by atoms with van der Waals surface area (Å²) in [5, 5.41) is 7.24. The zero-order chi connectivity index (χ0) is 27.4. The predicted octanol–water partition coefficient (Wildman–Crippen LogP) is 2.77. The predicted molar refractivity (Wildman–Crippen MR) is 127 cm³/mol. The van der Waals surface area contributed by atoms with Gasteiger partial charge in [-0.1, -0.05) is 5.16 Å². The molecule has 2 aromatic heterocycles. The first-order valence-corrected chi connectivity index (χ1v) is 10.7. The van der Waals surface area contributed by atoms with Crippen LogP contribution in [0.15, 0.2) is 65.8 Å². The van der Waals surface area contributed by atoms with Gasteiger partial charge in [0.25, 0.3) is 5.91 Å². The lowest BCUT2D eigenvalue weighted by Crippen LogP contribution is -2.20. The Morgan fingerprint density at radius 3 is 2.26 bits per heavy atom. The fourth-order valence-corrected chi connectivity index (χ4v) is 3.25. The molecule has 4 N–H and O–H groups in total. The average Bonchev–Trinajstić information content (AvgIpc) is 3.34. The number of hydrogen-bond donors (Lipinski definition) is 2. The minimum atomic E-state index is -4.80. The highest BCUT2D eigenvalue weighted by molar-refractivity contribution is 5.98. The first-order valence-electron chi connectivity index (χ1n) is 10.7. The number of carbonyl (C=O) groups is 2. The van der Waals surface area contributed by atoms with Gasteiger partial charge in [-0.3, -0.25) is 4.79 Å². The van der Waals surface area contributed by atoms with E-state index in [1.54, 1.807) is 24.3 Å². The second kappa shape index (κ2) is 10.5. The summed E-state index contributed by atoms with van der Waals surface area (Å²) in [5.41, 5.74) is 9.72. The quantitative estimate of drug-likeness (QED) is 0.153. The van der Waals surface area contributed by atoms with E-state index >= 15 is 0 Å². The van der Waals surface area contributed by atoms with E-state index in [0.717, 1.165) is 12.1 Å². The molecule has 0 spiro atoms. The molecule has 4 aromatic rings. The summed E-state index contributed by atoms with van der Waals surface area (Å²) in [6.45, 7) is -0.313. The first kappa shape index (κ1) is 25.9. The van der Waals surface area contributed by atoms with Gasteiger partial charge in [0.05, 0.1) is 12.8 Å². The van der Waals surface area contributed by atoms with Crippen LogP contribution in [-0.4, -0.2) is 46.0 Å². The highest BCUT2D eigenvalue weighted by atomic mass is 19.4. The average molecular weight is 528 g/mol. The summed E-state index contributed by atoms with van der Waals surface area (Å²) in [6.07, 6.45) is -4.80. The Kier molecular flexibility index (Phi) is 7.14. The molecular weight excluding hydrogens is 509 g/mol. The number of ether oxygens (including phenoxy) is 2. The van der Waals surface area contributed by atoms with Crippen molar-refractivity contribution in [3.63, 3.8) is 0 Å². The third-order valence-corrected chi connectivity index (χ3v) is 5.07. The second-order valence-corrected chi connectivity index (χ2v) is 7.69. The van der Waals surface area contributed by atoms with Crippen molar-refractivity contribution < 1.29 is 37.1 Å². The van der Waals surface area contributed by atoms with Gasteiger partial charge in [0.15, 0.2) is 29.5 Å². The number of primary amides is 1.